The van der Waals surface area contributed by atoms with E-state index in [1.54, 1.807) is 39.0 Å². The molecular formula is C26H23N3O8S. The predicted octanol–water partition coefficient (Wildman–Crippen LogP) is 4.56. The van der Waals surface area contributed by atoms with Crippen LogP contribution in [0.3, 0.4) is 0 Å². The molecule has 1 amide bonds. The largest absolute Gasteiger partial charge is 0.507 e. The lowest BCUT2D eigenvalue weighted by Crippen LogP contribution is -2.29. The number of aryl methyl sites for hydroxylation is 1. The van der Waals surface area contributed by atoms with Gasteiger partial charge in [0.25, 0.3) is 11.5 Å². The zero-order chi connectivity index (χ0) is 27.6. The molecule has 0 bridgehead atoms. The fourth-order valence-corrected chi connectivity index (χ4v) is 5.07. The number of thiazole rings is 1. The fraction of sp³-hybridized carbons (Fsp3) is 0.231. The number of amides is 1. The zero-order valence-electron chi connectivity index (χ0n) is 20.7. The van der Waals surface area contributed by atoms with E-state index in [0.29, 0.717) is 12.4 Å². The first-order valence-electron chi connectivity index (χ1n) is 11.6. The number of aliphatic hydroxyl groups is 1. The van der Waals surface area contributed by atoms with Gasteiger partial charge in [0.2, 0.25) is 0 Å². The molecule has 196 valence electrons. The molecule has 2 aromatic carbocycles. The Morgan fingerprint density at radius 2 is 1.89 bits per heavy atom. The molecule has 0 radical (unpaired) electrons. The van der Waals surface area contributed by atoms with Crippen molar-refractivity contribution in [2.45, 2.75) is 26.8 Å². The summed E-state index contributed by atoms with van der Waals surface area (Å²) in [6.07, 6.45) is 0. The fourth-order valence-electron chi connectivity index (χ4n) is 4.08. The van der Waals surface area contributed by atoms with E-state index in [1.807, 2.05) is 0 Å². The second kappa shape index (κ2) is 10.8. The number of nitro benzene ring substituents is 1. The van der Waals surface area contributed by atoms with Crippen molar-refractivity contribution in [3.05, 3.63) is 85.9 Å². The lowest BCUT2D eigenvalue weighted by Gasteiger charge is -2.23. The van der Waals surface area contributed by atoms with Gasteiger partial charge < -0.3 is 14.6 Å². The minimum Gasteiger partial charge on any atom is -0.507 e. The minimum atomic E-state index is -1.26. The second-order valence-corrected chi connectivity index (χ2v) is 9.09. The van der Waals surface area contributed by atoms with Crippen molar-refractivity contribution in [3.8, 4) is 5.75 Å². The van der Waals surface area contributed by atoms with Crippen LogP contribution in [0.5, 0.6) is 5.75 Å². The third-order valence-electron chi connectivity index (χ3n) is 5.71. The van der Waals surface area contributed by atoms with Crippen LogP contribution in [0.4, 0.5) is 10.8 Å². The number of ketones is 1. The van der Waals surface area contributed by atoms with E-state index >= 15 is 0 Å². The normalized spacial score (nSPS) is 16.5. The van der Waals surface area contributed by atoms with Crippen LogP contribution in [-0.4, -0.2) is 45.9 Å². The van der Waals surface area contributed by atoms with Gasteiger partial charge in [-0.2, -0.15) is 0 Å². The summed E-state index contributed by atoms with van der Waals surface area (Å²) in [6, 6.07) is 10.5. The molecule has 2 heterocycles. The summed E-state index contributed by atoms with van der Waals surface area (Å²) >= 11 is 0.847. The summed E-state index contributed by atoms with van der Waals surface area (Å²) in [4.78, 5) is 55.5. The Hall–Kier alpha value is -4.58. The number of carbonyl (C=O) groups excluding carboxylic acids is 3. The highest BCUT2D eigenvalue weighted by atomic mass is 32.1. The molecule has 12 heteroatoms. The van der Waals surface area contributed by atoms with Crippen molar-refractivity contribution >= 4 is 45.6 Å². The van der Waals surface area contributed by atoms with Crippen LogP contribution >= 0.6 is 11.3 Å². The molecule has 1 unspecified atom stereocenters. The van der Waals surface area contributed by atoms with Crippen LogP contribution < -0.4 is 9.64 Å². The van der Waals surface area contributed by atoms with E-state index in [1.165, 1.54) is 30.3 Å². The molecule has 0 spiro atoms. The standard InChI is InChI=1S/C26H23N3O8S/c1-4-36-18-11-7-9-16(13-18)21(30)19-20(15-8-6-10-17(12-15)29(34)35)28(24(32)22(19)31)26-27-14(3)23(38-26)25(33)37-5-2/h6-13,20,30H,4-5H2,1-3H3/b21-19+. The van der Waals surface area contributed by atoms with Gasteiger partial charge in [-0.1, -0.05) is 35.6 Å². The van der Waals surface area contributed by atoms with Gasteiger partial charge in [-0.3, -0.25) is 24.6 Å². The number of Topliss-reactive ketones (excluding diaryl/α,β-unsaturated/α-hetero) is 1. The number of esters is 1. The van der Waals surface area contributed by atoms with Gasteiger partial charge in [0.1, 0.15) is 16.4 Å². The lowest BCUT2D eigenvalue weighted by atomic mass is 9.95. The zero-order valence-corrected chi connectivity index (χ0v) is 21.5. The van der Waals surface area contributed by atoms with E-state index in [-0.39, 0.29) is 44.7 Å². The number of nitro groups is 1. The van der Waals surface area contributed by atoms with Crippen molar-refractivity contribution in [1.29, 1.82) is 0 Å². The molecule has 3 aromatic rings. The number of hydrogen-bond acceptors (Lipinski definition) is 10. The quantitative estimate of drug-likeness (QED) is 0.109. The van der Waals surface area contributed by atoms with Crippen LogP contribution in [0.15, 0.2) is 54.1 Å². The number of rotatable bonds is 8. The van der Waals surface area contributed by atoms with E-state index in [4.69, 9.17) is 9.47 Å². The van der Waals surface area contributed by atoms with Crippen LogP contribution in [0, 0.1) is 17.0 Å². The maximum Gasteiger partial charge on any atom is 0.350 e. The summed E-state index contributed by atoms with van der Waals surface area (Å²) in [5.41, 5.74) is 0.148. The number of aromatic nitrogens is 1. The van der Waals surface area contributed by atoms with Crippen molar-refractivity contribution in [3.63, 3.8) is 0 Å². The molecule has 1 atom stereocenters. The van der Waals surface area contributed by atoms with Gasteiger partial charge in [0.15, 0.2) is 5.13 Å². The molecular weight excluding hydrogens is 514 g/mol. The lowest BCUT2D eigenvalue weighted by molar-refractivity contribution is -0.384. The number of non-ortho nitro benzene ring substituents is 1. The highest BCUT2D eigenvalue weighted by Crippen LogP contribution is 2.44. The van der Waals surface area contributed by atoms with E-state index in [9.17, 15) is 29.6 Å². The maximum atomic E-state index is 13.4. The average molecular weight is 538 g/mol. The monoisotopic (exact) mass is 537 g/mol. The minimum absolute atomic E-state index is 0.00581. The Bertz CT molecular complexity index is 1480. The highest BCUT2D eigenvalue weighted by molar-refractivity contribution is 7.17. The van der Waals surface area contributed by atoms with Crippen molar-refractivity contribution in [2.75, 3.05) is 18.1 Å². The number of nitrogens with zero attached hydrogens (tertiary/aromatic N) is 3. The highest BCUT2D eigenvalue weighted by Gasteiger charge is 2.48. The molecule has 1 aliphatic heterocycles. The Kier molecular flexibility index (Phi) is 7.53. The molecule has 0 saturated carbocycles. The van der Waals surface area contributed by atoms with E-state index in [2.05, 4.69) is 4.98 Å². The van der Waals surface area contributed by atoms with Gasteiger partial charge in [-0.25, -0.2) is 9.78 Å². The first kappa shape index (κ1) is 26.5. The van der Waals surface area contributed by atoms with E-state index < -0.39 is 34.4 Å². The number of carbonyl (C=O) groups is 3. The van der Waals surface area contributed by atoms with Gasteiger partial charge in [-0.15, -0.1) is 0 Å². The summed E-state index contributed by atoms with van der Waals surface area (Å²) < 4.78 is 10.5. The van der Waals surface area contributed by atoms with Crippen molar-refractivity contribution in [2.24, 2.45) is 0 Å². The summed E-state index contributed by atoms with van der Waals surface area (Å²) in [7, 11) is 0. The molecule has 4 rings (SSSR count). The van der Waals surface area contributed by atoms with Gasteiger partial charge in [0, 0.05) is 17.7 Å². The molecule has 1 saturated heterocycles. The van der Waals surface area contributed by atoms with Crippen molar-refractivity contribution in [1.82, 2.24) is 4.98 Å². The smallest absolute Gasteiger partial charge is 0.350 e. The number of benzene rings is 2. The molecule has 0 aliphatic carbocycles. The Labute approximate surface area is 221 Å². The number of anilines is 1. The molecule has 11 nitrogen and oxygen atoms in total. The SMILES string of the molecule is CCOC(=O)c1sc(N2C(=O)C(=O)/C(=C(/O)c3cccc(OCC)c3)C2c2cccc([N+](=O)[O-])c2)nc1C. The van der Waals surface area contributed by atoms with Crippen LogP contribution in [0.25, 0.3) is 5.76 Å². The van der Waals surface area contributed by atoms with Gasteiger partial charge in [-0.05, 0) is 38.5 Å². The summed E-state index contributed by atoms with van der Waals surface area (Å²) in [6.45, 7) is 5.50. The molecule has 38 heavy (non-hydrogen) atoms. The van der Waals surface area contributed by atoms with Gasteiger partial charge in [0.05, 0.1) is 35.4 Å². The second-order valence-electron chi connectivity index (χ2n) is 8.11. The average Bonchev–Trinajstić information content (AvgIpc) is 3.41. The Balaban J connectivity index is 1.93. The maximum absolute atomic E-state index is 13.4. The van der Waals surface area contributed by atoms with Crippen LogP contribution in [-0.2, 0) is 14.3 Å². The molecule has 1 N–H and O–H groups in total. The summed E-state index contributed by atoms with van der Waals surface area (Å²) in [5, 5.41) is 22.8. The Morgan fingerprint density at radius 1 is 1.16 bits per heavy atom. The number of hydrogen-bond donors (Lipinski definition) is 1. The summed E-state index contributed by atoms with van der Waals surface area (Å²) in [5.74, 6) is -2.69. The number of ether oxygens (including phenoxy) is 2. The first-order valence-corrected chi connectivity index (χ1v) is 12.4. The van der Waals surface area contributed by atoms with Crippen molar-refractivity contribution < 1.29 is 33.9 Å². The van der Waals surface area contributed by atoms with Gasteiger partial charge >= 0.3 is 11.9 Å². The topological polar surface area (TPSA) is 149 Å². The number of aliphatic hydroxyl groups excluding tert-OH is 1. The van der Waals surface area contributed by atoms with Crippen LogP contribution in [0.2, 0.25) is 0 Å². The van der Waals surface area contributed by atoms with E-state index in [0.717, 1.165) is 16.2 Å². The first-order chi connectivity index (χ1) is 18.2. The molecule has 1 aliphatic rings. The molecule has 1 fully saturated rings. The predicted molar refractivity (Wildman–Crippen MR) is 138 cm³/mol. The van der Waals surface area contributed by atoms with Crippen LogP contribution in [0.1, 0.15) is 46.4 Å². The third-order valence-corrected chi connectivity index (χ3v) is 6.85. The third kappa shape index (κ3) is 4.85. The molecule has 1 aromatic heterocycles. The Morgan fingerprint density at radius 3 is 2.58 bits per heavy atom.